The Hall–Kier alpha value is -5.57. The maximum Gasteiger partial charge on any atom is 0.408 e. The van der Waals surface area contributed by atoms with E-state index < -0.39 is 41.7 Å². The van der Waals surface area contributed by atoms with E-state index >= 15 is 0 Å². The number of anilines is 2. The van der Waals surface area contributed by atoms with Gasteiger partial charge >= 0.3 is 12.1 Å². The van der Waals surface area contributed by atoms with Crippen molar-refractivity contribution in [1.82, 2.24) is 19.9 Å². The number of aromatic nitrogens is 2. The Labute approximate surface area is 291 Å². The van der Waals surface area contributed by atoms with Crippen LogP contribution in [0.5, 0.6) is 11.5 Å². The lowest BCUT2D eigenvalue weighted by atomic mass is 10.1. The molecule has 2 fully saturated rings. The zero-order chi connectivity index (χ0) is 35.7. The van der Waals surface area contributed by atoms with Crippen molar-refractivity contribution < 1.29 is 33.0 Å². The number of carbonyl (C=O) groups is 3. The van der Waals surface area contributed by atoms with Gasteiger partial charge < -0.3 is 34.8 Å². The molecule has 0 aliphatic carbocycles. The number of halogens is 2. The van der Waals surface area contributed by atoms with Gasteiger partial charge in [0.2, 0.25) is 5.91 Å². The third-order valence-corrected chi connectivity index (χ3v) is 8.94. The summed E-state index contributed by atoms with van der Waals surface area (Å²) in [4.78, 5) is 61.4. The first-order valence-corrected chi connectivity index (χ1v) is 16.2. The Kier molecular flexibility index (Phi) is 9.68. The van der Waals surface area contributed by atoms with Crippen LogP contribution >= 0.6 is 11.6 Å². The van der Waals surface area contributed by atoms with E-state index in [1.165, 1.54) is 48.1 Å². The number of nitrogens with zero attached hydrogens (tertiary/aromatic N) is 5. The number of methoxy groups -OCH3 is 2. The molecule has 3 atom stereocenters. The van der Waals surface area contributed by atoms with Gasteiger partial charge in [-0.25, -0.2) is 23.6 Å². The van der Waals surface area contributed by atoms with Crippen molar-refractivity contribution in [2.45, 2.75) is 32.0 Å². The maximum absolute atomic E-state index is 14.3. The molecule has 14 nitrogen and oxygen atoms in total. The molecule has 1 unspecified atom stereocenters. The zero-order valence-corrected chi connectivity index (χ0v) is 28.4. The van der Waals surface area contributed by atoms with E-state index in [4.69, 9.17) is 30.8 Å². The van der Waals surface area contributed by atoms with Gasteiger partial charge in [-0.2, -0.15) is 0 Å². The summed E-state index contributed by atoms with van der Waals surface area (Å²) in [6.07, 6.45) is -1.27. The summed E-state index contributed by atoms with van der Waals surface area (Å²) in [6.45, 7) is 4.29. The number of cyclic esters (lactones) is 1. The van der Waals surface area contributed by atoms with Gasteiger partial charge in [0.1, 0.15) is 29.5 Å². The molecule has 50 heavy (non-hydrogen) atoms. The molecule has 1 aromatic heterocycles. The predicted octanol–water partition coefficient (Wildman–Crippen LogP) is 4.28. The molecule has 4 amide bonds. The third kappa shape index (κ3) is 6.68. The predicted molar refractivity (Wildman–Crippen MR) is 184 cm³/mol. The summed E-state index contributed by atoms with van der Waals surface area (Å²) in [7, 11) is 2.96. The molecule has 3 aromatic carbocycles. The molecule has 16 heteroatoms. The summed E-state index contributed by atoms with van der Waals surface area (Å²) in [6, 6.07) is 12.6. The van der Waals surface area contributed by atoms with Crippen LogP contribution in [0.1, 0.15) is 25.7 Å². The minimum absolute atomic E-state index is 0.196. The van der Waals surface area contributed by atoms with E-state index in [1.807, 2.05) is 0 Å². The Morgan fingerprint density at radius 3 is 2.40 bits per heavy atom. The average Bonchev–Trinajstić information content (AvgIpc) is 3.46. The normalized spacial score (nSPS) is 17.9. The lowest BCUT2D eigenvalue weighted by Crippen LogP contribution is -2.59. The van der Waals surface area contributed by atoms with E-state index in [0.717, 1.165) is 0 Å². The van der Waals surface area contributed by atoms with Crippen LogP contribution in [0.4, 0.5) is 25.4 Å². The topological polar surface area (TPSA) is 148 Å². The number of rotatable bonds is 8. The molecule has 2 N–H and O–H groups in total. The minimum atomic E-state index is -0.930. The zero-order valence-electron chi connectivity index (χ0n) is 27.7. The molecule has 0 spiro atoms. The van der Waals surface area contributed by atoms with Crippen molar-refractivity contribution in [2.24, 2.45) is 0 Å². The fraction of sp³-hybridized carbons (Fsp3) is 0.324. The molecule has 0 radical (unpaired) electrons. The van der Waals surface area contributed by atoms with Gasteiger partial charge in [-0.1, -0.05) is 11.6 Å². The molecular formula is C34H35ClFN7O7. The number of urea groups is 1. The van der Waals surface area contributed by atoms with E-state index in [1.54, 1.807) is 60.2 Å². The second-order valence-electron chi connectivity index (χ2n) is 11.8. The number of benzene rings is 3. The first-order chi connectivity index (χ1) is 24.0. The van der Waals surface area contributed by atoms with E-state index in [0.29, 0.717) is 38.8 Å². The highest BCUT2D eigenvalue weighted by Gasteiger charge is 2.40. The minimum Gasteiger partial charge on any atom is -0.497 e. The summed E-state index contributed by atoms with van der Waals surface area (Å²) in [5, 5.41) is 7.80. The van der Waals surface area contributed by atoms with Gasteiger partial charge in [0, 0.05) is 29.9 Å². The van der Waals surface area contributed by atoms with E-state index in [2.05, 4.69) is 10.6 Å². The molecule has 3 heterocycles. The first-order valence-electron chi connectivity index (χ1n) is 15.8. The number of carbonyl (C=O) groups excluding carboxylic acids is 3. The van der Waals surface area contributed by atoms with Crippen molar-refractivity contribution in [1.29, 1.82) is 0 Å². The van der Waals surface area contributed by atoms with Crippen LogP contribution < -0.4 is 35.6 Å². The van der Waals surface area contributed by atoms with Crippen molar-refractivity contribution in [2.75, 3.05) is 55.6 Å². The number of nitrogens with one attached hydrogen (secondary N) is 2. The second kappa shape index (κ2) is 14.1. The number of amides is 4. The van der Waals surface area contributed by atoms with Crippen molar-refractivity contribution >= 4 is 51.9 Å². The molecule has 2 aliphatic heterocycles. The SMILES string of the molecule is COc1ccc(N(C(=O)Nc2ccc(F)cc2)C(C)c2nc3cc(Cl)ccc3c(=O)n2N2CCN(C(=O)[C@H]3NC(=O)O[C@@H]3C)CC2)c(OC)c1. The Balaban J connectivity index is 1.42. The van der Waals surface area contributed by atoms with Crippen LogP contribution in [0, 0.1) is 5.82 Å². The van der Waals surface area contributed by atoms with Crippen LogP contribution in [0.2, 0.25) is 5.02 Å². The number of piperazine rings is 1. The number of hydrogen-bond acceptors (Lipinski definition) is 9. The highest BCUT2D eigenvalue weighted by atomic mass is 35.5. The van der Waals surface area contributed by atoms with Crippen LogP contribution in [0.25, 0.3) is 10.9 Å². The lowest BCUT2D eigenvalue weighted by Gasteiger charge is -2.39. The van der Waals surface area contributed by atoms with Gasteiger partial charge in [-0.3, -0.25) is 14.5 Å². The average molecular weight is 708 g/mol. The van der Waals surface area contributed by atoms with Gasteiger partial charge in [0.25, 0.3) is 5.56 Å². The Morgan fingerprint density at radius 2 is 1.76 bits per heavy atom. The van der Waals surface area contributed by atoms with E-state index in [9.17, 15) is 23.6 Å². The number of fused-ring (bicyclic) bond motifs is 1. The third-order valence-electron chi connectivity index (χ3n) is 8.71. The van der Waals surface area contributed by atoms with Gasteiger partial charge in [-0.05, 0) is 68.4 Å². The lowest BCUT2D eigenvalue weighted by molar-refractivity contribution is -0.134. The Bertz CT molecular complexity index is 2000. The summed E-state index contributed by atoms with van der Waals surface area (Å²) in [5.41, 5.74) is 0.577. The summed E-state index contributed by atoms with van der Waals surface area (Å²) < 4.78 is 31.3. The van der Waals surface area contributed by atoms with Gasteiger partial charge in [-0.15, -0.1) is 0 Å². The standard InChI is InChI=1S/C34H35ClFN7O7/c1-19(42(27-12-10-24(48-3)18-28(27)49-4)33(46)37-23-8-6-22(36)7-9-23)30-38-26-17-21(35)5-11-25(26)31(44)43(30)41-15-13-40(14-16-41)32(45)29-20(2)50-34(47)39-29/h5-12,17-20,29H,13-16H2,1-4H3,(H,37,46)(H,39,47)/t19?,20-,29+/m1/s1. The van der Waals surface area contributed by atoms with Crippen molar-refractivity contribution in [3.8, 4) is 11.5 Å². The quantitative estimate of drug-likeness (QED) is 0.274. The second-order valence-corrected chi connectivity index (χ2v) is 12.2. The van der Waals surface area contributed by atoms with Crippen LogP contribution in [0.15, 0.2) is 65.5 Å². The molecule has 2 aliphatic rings. The van der Waals surface area contributed by atoms with Crippen LogP contribution in [-0.2, 0) is 9.53 Å². The highest BCUT2D eigenvalue weighted by molar-refractivity contribution is 6.31. The fourth-order valence-electron chi connectivity index (χ4n) is 6.11. The molecule has 4 aromatic rings. The number of hydrogen-bond donors (Lipinski definition) is 2. The smallest absolute Gasteiger partial charge is 0.408 e. The molecule has 0 saturated carbocycles. The van der Waals surface area contributed by atoms with Crippen molar-refractivity contribution in [3.05, 3.63) is 87.7 Å². The molecule has 2 saturated heterocycles. The number of alkyl carbamates (subject to hydrolysis) is 1. The highest BCUT2D eigenvalue weighted by Crippen LogP contribution is 2.37. The number of ether oxygens (including phenoxy) is 3. The van der Waals surface area contributed by atoms with Crippen molar-refractivity contribution in [3.63, 3.8) is 0 Å². The van der Waals surface area contributed by atoms with Gasteiger partial charge in [0.05, 0.1) is 49.9 Å². The van der Waals surface area contributed by atoms with Crippen LogP contribution in [-0.4, -0.2) is 85.1 Å². The fourth-order valence-corrected chi connectivity index (χ4v) is 6.28. The van der Waals surface area contributed by atoms with Gasteiger partial charge in [0.15, 0.2) is 5.82 Å². The Morgan fingerprint density at radius 1 is 1.04 bits per heavy atom. The summed E-state index contributed by atoms with van der Waals surface area (Å²) in [5.74, 6) is 0.225. The molecule has 0 bridgehead atoms. The van der Waals surface area contributed by atoms with E-state index in [-0.39, 0.29) is 37.9 Å². The molecule has 262 valence electrons. The van der Waals surface area contributed by atoms with Crippen LogP contribution in [0.3, 0.4) is 0 Å². The molecular weight excluding hydrogens is 673 g/mol. The largest absolute Gasteiger partial charge is 0.497 e. The monoisotopic (exact) mass is 707 g/mol. The first kappa shape index (κ1) is 34.3. The maximum atomic E-state index is 14.3. The molecule has 6 rings (SSSR count). The summed E-state index contributed by atoms with van der Waals surface area (Å²) >= 11 is 6.33.